The third-order valence-electron chi connectivity index (χ3n) is 0.243. The molecule has 0 bridgehead atoms. The van der Waals surface area contributed by atoms with Crippen molar-refractivity contribution in [2.75, 3.05) is 0 Å². The number of carbonyl (C=O) groups excluding carboxylic acids is 1. The molecule has 0 amide bonds. The van der Waals surface area contributed by atoms with Crippen LogP contribution in [0.2, 0.25) is 0 Å². The van der Waals surface area contributed by atoms with Gasteiger partial charge in [-0.1, -0.05) is 0 Å². The predicted molar refractivity (Wildman–Crippen MR) is 24.4 cm³/mol. The van der Waals surface area contributed by atoms with E-state index in [0.717, 1.165) is 6.92 Å². The monoisotopic (exact) mass is 212 g/mol. The summed E-state index contributed by atoms with van der Waals surface area (Å²) in [5.41, 5.74) is 0. The molecule has 0 spiro atoms. The Balaban J connectivity index is -0.000000142. The number of hydrogen-bond donors (Lipinski definition) is 1. The van der Waals surface area contributed by atoms with E-state index in [-0.39, 0.29) is 51.4 Å². The Hall–Kier alpha value is 0.366. The fourth-order valence-corrected chi connectivity index (χ4v) is 0. The van der Waals surface area contributed by atoms with E-state index >= 15 is 0 Å². The summed E-state index contributed by atoms with van der Waals surface area (Å²) in [6.07, 6.45) is -5.08. The molecule has 66 valence electrons. The van der Waals surface area contributed by atoms with Gasteiger partial charge in [-0.2, -0.15) is 13.2 Å². The molecule has 0 saturated carbocycles. The summed E-state index contributed by atoms with van der Waals surface area (Å²) in [6, 6.07) is 0. The average Bonchev–Trinajstić information content (AvgIpc) is 1.59. The summed E-state index contributed by atoms with van der Waals surface area (Å²) in [5.74, 6) is -3.84. The first kappa shape index (κ1) is 18.2. The second-order valence-corrected chi connectivity index (χ2v) is 1.29. The molecule has 4 nitrogen and oxygen atoms in total. The van der Waals surface area contributed by atoms with E-state index < -0.39 is 18.1 Å². The molecule has 12 heavy (non-hydrogen) atoms. The van der Waals surface area contributed by atoms with Gasteiger partial charge in [0, 0.05) is 5.97 Å². The predicted octanol–water partition coefficient (Wildman–Crippen LogP) is -3.61. The van der Waals surface area contributed by atoms with Gasteiger partial charge < -0.3 is 15.0 Å². The SMILES string of the molecule is CC(=O)[O-].O=C(O)C(F)(F)F.[K+]. The van der Waals surface area contributed by atoms with Gasteiger partial charge in [0.2, 0.25) is 0 Å². The van der Waals surface area contributed by atoms with Crippen molar-refractivity contribution in [2.24, 2.45) is 0 Å². The number of carbonyl (C=O) groups is 2. The Morgan fingerprint density at radius 2 is 1.42 bits per heavy atom. The minimum absolute atomic E-state index is 0. The summed E-state index contributed by atoms with van der Waals surface area (Å²) >= 11 is 0. The zero-order valence-corrected chi connectivity index (χ0v) is 9.43. The van der Waals surface area contributed by atoms with E-state index in [0.29, 0.717) is 0 Å². The summed E-state index contributed by atoms with van der Waals surface area (Å²) in [4.78, 5) is 17.8. The normalized spacial score (nSPS) is 8.67. The second kappa shape index (κ2) is 7.99. The smallest absolute Gasteiger partial charge is 0.550 e. The van der Waals surface area contributed by atoms with Gasteiger partial charge in [0.05, 0.1) is 0 Å². The molecule has 0 aromatic heterocycles. The molecule has 1 N–H and O–H groups in total. The first-order valence-electron chi connectivity index (χ1n) is 2.15. The molecule has 0 aliphatic rings. The minimum atomic E-state index is -5.08. The van der Waals surface area contributed by atoms with Gasteiger partial charge in [-0.25, -0.2) is 4.79 Å². The van der Waals surface area contributed by atoms with Crippen molar-refractivity contribution in [3.8, 4) is 0 Å². The minimum Gasteiger partial charge on any atom is -0.550 e. The van der Waals surface area contributed by atoms with Crippen LogP contribution in [0.5, 0.6) is 0 Å². The molecular weight excluding hydrogens is 208 g/mol. The van der Waals surface area contributed by atoms with Crippen molar-refractivity contribution in [3.05, 3.63) is 0 Å². The van der Waals surface area contributed by atoms with Crippen molar-refractivity contribution in [2.45, 2.75) is 13.1 Å². The molecule has 0 aromatic rings. The van der Waals surface area contributed by atoms with E-state index in [4.69, 9.17) is 19.8 Å². The Morgan fingerprint density at radius 3 is 1.42 bits per heavy atom. The molecule has 0 rings (SSSR count). The van der Waals surface area contributed by atoms with E-state index in [1.165, 1.54) is 0 Å². The molecule has 0 aliphatic carbocycles. The summed E-state index contributed by atoms with van der Waals surface area (Å²) < 4.78 is 31.7. The Morgan fingerprint density at radius 1 is 1.33 bits per heavy atom. The second-order valence-electron chi connectivity index (χ2n) is 1.29. The zero-order valence-electron chi connectivity index (χ0n) is 6.31. The molecule has 0 aliphatic heterocycles. The fourth-order valence-electron chi connectivity index (χ4n) is 0. The molecule has 0 aromatic carbocycles. The van der Waals surface area contributed by atoms with E-state index in [1.54, 1.807) is 0 Å². The summed E-state index contributed by atoms with van der Waals surface area (Å²) in [7, 11) is 0. The number of carboxylic acids is 2. The molecule has 0 heterocycles. The maximum Gasteiger partial charge on any atom is 1.00 e. The van der Waals surface area contributed by atoms with Gasteiger partial charge in [0.1, 0.15) is 0 Å². The fraction of sp³-hybridized carbons (Fsp3) is 0.500. The topological polar surface area (TPSA) is 77.4 Å². The average molecular weight is 212 g/mol. The van der Waals surface area contributed by atoms with Crippen LogP contribution < -0.4 is 56.5 Å². The summed E-state index contributed by atoms with van der Waals surface area (Å²) in [6.45, 7) is 0.972. The van der Waals surface area contributed by atoms with Gasteiger partial charge in [0.25, 0.3) is 0 Å². The number of alkyl halides is 3. The van der Waals surface area contributed by atoms with Crippen LogP contribution in [0.25, 0.3) is 0 Å². The first-order chi connectivity index (χ1) is 4.68. The number of carboxylic acid groups (broad SMARTS) is 2. The van der Waals surface area contributed by atoms with Gasteiger partial charge in [0.15, 0.2) is 0 Å². The van der Waals surface area contributed by atoms with E-state index in [2.05, 4.69) is 0 Å². The molecule has 0 radical (unpaired) electrons. The largest absolute Gasteiger partial charge is 1.00 e. The van der Waals surface area contributed by atoms with Crippen molar-refractivity contribution < 1.29 is 84.4 Å². The van der Waals surface area contributed by atoms with Crippen LogP contribution in [0.3, 0.4) is 0 Å². The molecule has 0 fully saturated rings. The molecule has 0 atom stereocenters. The van der Waals surface area contributed by atoms with Crippen LogP contribution in [-0.4, -0.2) is 23.2 Å². The van der Waals surface area contributed by atoms with Gasteiger partial charge >= 0.3 is 63.5 Å². The van der Waals surface area contributed by atoms with E-state index in [9.17, 15) is 13.2 Å². The van der Waals surface area contributed by atoms with Gasteiger partial charge in [-0.05, 0) is 6.92 Å². The Kier molecular flexibility index (Phi) is 12.1. The molecule has 0 saturated heterocycles. The Labute approximate surface area is 108 Å². The number of halogens is 3. The van der Waals surface area contributed by atoms with Gasteiger partial charge in [-0.15, -0.1) is 0 Å². The first-order valence-corrected chi connectivity index (χ1v) is 2.15. The van der Waals surface area contributed by atoms with Crippen molar-refractivity contribution in [3.63, 3.8) is 0 Å². The third kappa shape index (κ3) is 22.4. The van der Waals surface area contributed by atoms with Crippen LogP contribution in [0, 0.1) is 0 Å². The quantitative estimate of drug-likeness (QED) is 0.421. The number of rotatable bonds is 0. The van der Waals surface area contributed by atoms with Crippen LogP contribution in [0.4, 0.5) is 13.2 Å². The van der Waals surface area contributed by atoms with Crippen LogP contribution in [0.1, 0.15) is 6.92 Å². The standard InChI is InChI=1S/C2HF3O2.C2H4O2.K/c3-2(4,5)1(6)7;1-2(3)4;/h(H,6,7);1H3,(H,3,4);/q;;+1/p-1. The maximum absolute atomic E-state index is 10.6. The van der Waals surface area contributed by atoms with Crippen molar-refractivity contribution in [1.29, 1.82) is 0 Å². The van der Waals surface area contributed by atoms with Crippen LogP contribution >= 0.6 is 0 Å². The van der Waals surface area contributed by atoms with Crippen LogP contribution in [-0.2, 0) is 9.59 Å². The third-order valence-corrected chi connectivity index (χ3v) is 0.243. The Bertz CT molecular complexity index is 151. The van der Waals surface area contributed by atoms with Crippen molar-refractivity contribution >= 4 is 11.9 Å². The summed E-state index contributed by atoms with van der Waals surface area (Å²) in [5, 5.41) is 16.0. The zero-order chi connectivity index (χ0) is 9.65. The molecule has 0 unspecified atom stereocenters. The molecular formula is C4H4F3KO4. The maximum atomic E-state index is 10.6. The van der Waals surface area contributed by atoms with Crippen LogP contribution in [0.15, 0.2) is 0 Å². The van der Waals surface area contributed by atoms with Gasteiger partial charge in [-0.3, -0.25) is 0 Å². The van der Waals surface area contributed by atoms with E-state index in [1.807, 2.05) is 0 Å². The number of hydrogen-bond acceptors (Lipinski definition) is 3. The molecule has 8 heteroatoms. The van der Waals surface area contributed by atoms with Crippen molar-refractivity contribution in [1.82, 2.24) is 0 Å². The number of aliphatic carboxylic acids is 2.